The van der Waals surface area contributed by atoms with Gasteiger partial charge in [0.2, 0.25) is 0 Å². The van der Waals surface area contributed by atoms with Gasteiger partial charge in [0.15, 0.2) is 0 Å². The number of nitrogens with one attached hydrogen (secondary N) is 1. The average Bonchev–Trinajstić information content (AvgIpc) is 2.78. The highest BCUT2D eigenvalue weighted by Gasteiger charge is 2.24. The lowest BCUT2D eigenvalue weighted by molar-refractivity contribution is -0.140. The zero-order chi connectivity index (χ0) is 13.0. The summed E-state index contributed by atoms with van der Waals surface area (Å²) < 4.78 is 0. The first-order valence-corrected chi connectivity index (χ1v) is 6.17. The Morgan fingerprint density at radius 2 is 2.33 bits per heavy atom. The van der Waals surface area contributed by atoms with Crippen molar-refractivity contribution >= 4 is 11.8 Å². The van der Waals surface area contributed by atoms with Gasteiger partial charge >= 0.3 is 5.97 Å². The maximum Gasteiger partial charge on any atom is 0.310 e. The maximum atomic E-state index is 10.8. The monoisotopic (exact) mass is 247 g/mol. The van der Waals surface area contributed by atoms with Crippen LogP contribution in [-0.4, -0.2) is 27.1 Å². The van der Waals surface area contributed by atoms with E-state index in [9.17, 15) is 4.79 Å². The minimum Gasteiger partial charge on any atom is -0.481 e. The lowest BCUT2D eigenvalue weighted by Gasteiger charge is -2.13. The number of hydrogen-bond donors (Lipinski definition) is 2. The van der Waals surface area contributed by atoms with Gasteiger partial charge < -0.3 is 10.4 Å². The summed E-state index contributed by atoms with van der Waals surface area (Å²) in [6.07, 6.45) is 7.70. The molecular formula is C13H17N3O2. The van der Waals surface area contributed by atoms with Crippen LogP contribution in [0.4, 0.5) is 5.82 Å². The van der Waals surface area contributed by atoms with Crippen LogP contribution in [0.15, 0.2) is 24.5 Å². The topological polar surface area (TPSA) is 75.1 Å². The highest BCUT2D eigenvalue weighted by atomic mass is 16.4. The summed E-state index contributed by atoms with van der Waals surface area (Å²) in [5, 5.41) is 12.1. The number of carbonyl (C=O) groups is 1. The fourth-order valence-corrected chi connectivity index (χ4v) is 2.05. The van der Waals surface area contributed by atoms with Crippen LogP contribution in [-0.2, 0) is 11.2 Å². The van der Waals surface area contributed by atoms with Gasteiger partial charge in [0.1, 0.15) is 12.1 Å². The molecule has 2 atom stereocenters. The molecule has 2 unspecified atom stereocenters. The Bertz CT molecular complexity index is 459. The Morgan fingerprint density at radius 1 is 1.50 bits per heavy atom. The van der Waals surface area contributed by atoms with E-state index in [2.05, 4.69) is 22.2 Å². The van der Waals surface area contributed by atoms with Crippen molar-refractivity contribution in [3.05, 3.63) is 30.2 Å². The number of aryl methyl sites for hydroxylation is 1. The Balaban J connectivity index is 1.96. The van der Waals surface area contributed by atoms with Crippen molar-refractivity contribution in [2.75, 3.05) is 5.32 Å². The largest absolute Gasteiger partial charge is 0.481 e. The zero-order valence-electron chi connectivity index (χ0n) is 10.3. The summed E-state index contributed by atoms with van der Waals surface area (Å²) in [6, 6.07) is 1.96. The van der Waals surface area contributed by atoms with Gasteiger partial charge in [-0.25, -0.2) is 9.97 Å². The molecule has 0 spiro atoms. The van der Waals surface area contributed by atoms with Crippen LogP contribution >= 0.6 is 0 Å². The zero-order valence-corrected chi connectivity index (χ0v) is 10.3. The summed E-state index contributed by atoms with van der Waals surface area (Å²) in [5.74, 6) is -0.404. The first-order valence-electron chi connectivity index (χ1n) is 6.17. The van der Waals surface area contributed by atoms with Crippen LogP contribution in [0.3, 0.4) is 0 Å². The molecule has 0 fully saturated rings. The maximum absolute atomic E-state index is 10.8. The smallest absolute Gasteiger partial charge is 0.310 e. The molecule has 0 radical (unpaired) electrons. The van der Waals surface area contributed by atoms with E-state index >= 15 is 0 Å². The van der Waals surface area contributed by atoms with Crippen molar-refractivity contribution in [2.45, 2.75) is 32.2 Å². The van der Waals surface area contributed by atoms with E-state index in [1.807, 2.05) is 12.1 Å². The highest BCUT2D eigenvalue weighted by molar-refractivity contribution is 5.73. The van der Waals surface area contributed by atoms with Gasteiger partial charge in [-0.15, -0.1) is 0 Å². The van der Waals surface area contributed by atoms with Gasteiger partial charge in [0, 0.05) is 17.8 Å². The summed E-state index contributed by atoms with van der Waals surface area (Å²) in [5.41, 5.74) is 1.01. The second-order valence-corrected chi connectivity index (χ2v) is 4.46. The third kappa shape index (κ3) is 3.06. The molecule has 0 saturated heterocycles. The molecule has 0 bridgehead atoms. The summed E-state index contributed by atoms with van der Waals surface area (Å²) in [7, 11) is 0. The van der Waals surface area contributed by atoms with E-state index in [0.717, 1.165) is 24.4 Å². The molecular weight excluding hydrogens is 230 g/mol. The SMILES string of the molecule is CCCc1cc(NC2C=CC(C(=O)O)C2)ncn1. The van der Waals surface area contributed by atoms with E-state index in [4.69, 9.17) is 5.11 Å². The second-order valence-electron chi connectivity index (χ2n) is 4.46. The molecule has 0 amide bonds. The molecule has 5 nitrogen and oxygen atoms in total. The number of anilines is 1. The molecule has 2 N–H and O–H groups in total. The van der Waals surface area contributed by atoms with Crippen LogP contribution in [0.5, 0.6) is 0 Å². The molecule has 1 aliphatic carbocycles. The number of carboxylic acid groups (broad SMARTS) is 1. The van der Waals surface area contributed by atoms with Gasteiger partial charge in [-0.1, -0.05) is 25.5 Å². The predicted octanol–water partition coefficient (Wildman–Crippen LogP) is 1.87. The molecule has 0 aromatic carbocycles. The molecule has 0 saturated carbocycles. The van der Waals surface area contributed by atoms with E-state index in [0.29, 0.717) is 6.42 Å². The third-order valence-electron chi connectivity index (χ3n) is 2.96. The first kappa shape index (κ1) is 12.5. The van der Waals surface area contributed by atoms with Crippen LogP contribution in [0.1, 0.15) is 25.5 Å². The average molecular weight is 247 g/mol. The van der Waals surface area contributed by atoms with Crippen molar-refractivity contribution in [3.63, 3.8) is 0 Å². The summed E-state index contributed by atoms with van der Waals surface area (Å²) >= 11 is 0. The van der Waals surface area contributed by atoms with E-state index in [-0.39, 0.29) is 12.0 Å². The van der Waals surface area contributed by atoms with Crippen LogP contribution in [0.25, 0.3) is 0 Å². The quantitative estimate of drug-likeness (QED) is 0.777. The molecule has 1 heterocycles. The third-order valence-corrected chi connectivity index (χ3v) is 2.96. The first-order chi connectivity index (χ1) is 8.69. The van der Waals surface area contributed by atoms with Gasteiger partial charge in [-0.3, -0.25) is 4.79 Å². The lowest BCUT2D eigenvalue weighted by atomic mass is 10.1. The highest BCUT2D eigenvalue weighted by Crippen LogP contribution is 2.21. The minimum absolute atomic E-state index is 0.0375. The van der Waals surface area contributed by atoms with Gasteiger partial charge in [0.25, 0.3) is 0 Å². The normalized spacial score (nSPS) is 22.1. The fraction of sp³-hybridized carbons (Fsp3) is 0.462. The molecule has 1 aromatic heterocycles. The van der Waals surface area contributed by atoms with Crippen LogP contribution < -0.4 is 5.32 Å². The molecule has 1 aromatic rings. The lowest BCUT2D eigenvalue weighted by Crippen LogP contribution is -2.19. The Hall–Kier alpha value is -1.91. The van der Waals surface area contributed by atoms with E-state index in [1.165, 1.54) is 0 Å². The predicted molar refractivity (Wildman–Crippen MR) is 68.3 cm³/mol. The van der Waals surface area contributed by atoms with Crippen molar-refractivity contribution in [2.24, 2.45) is 5.92 Å². The van der Waals surface area contributed by atoms with Gasteiger partial charge in [0.05, 0.1) is 5.92 Å². The molecule has 0 aliphatic heterocycles. The molecule has 96 valence electrons. The Labute approximate surface area is 106 Å². The van der Waals surface area contributed by atoms with E-state index in [1.54, 1.807) is 12.4 Å². The number of carboxylic acids is 1. The fourth-order valence-electron chi connectivity index (χ4n) is 2.05. The second kappa shape index (κ2) is 5.62. The van der Waals surface area contributed by atoms with Crippen molar-refractivity contribution in [1.82, 2.24) is 9.97 Å². The molecule has 5 heteroatoms. The summed E-state index contributed by atoms with van der Waals surface area (Å²) in [4.78, 5) is 19.2. The standard InChI is InChI=1S/C13H17N3O2/c1-2-3-10-7-12(15-8-14-10)16-11-5-4-9(6-11)13(17)18/h4-5,7-9,11H,2-3,6H2,1H3,(H,17,18)(H,14,15,16). The Morgan fingerprint density at radius 3 is 3.00 bits per heavy atom. The Kier molecular flexibility index (Phi) is 3.92. The van der Waals surface area contributed by atoms with Crippen LogP contribution in [0.2, 0.25) is 0 Å². The number of hydrogen-bond acceptors (Lipinski definition) is 4. The number of rotatable bonds is 5. The number of aliphatic carboxylic acids is 1. The number of aromatic nitrogens is 2. The van der Waals surface area contributed by atoms with Crippen LogP contribution in [0, 0.1) is 5.92 Å². The molecule has 1 aliphatic rings. The van der Waals surface area contributed by atoms with E-state index < -0.39 is 5.97 Å². The van der Waals surface area contributed by atoms with Crippen molar-refractivity contribution < 1.29 is 9.90 Å². The van der Waals surface area contributed by atoms with Gasteiger partial charge in [-0.05, 0) is 12.8 Å². The molecule has 18 heavy (non-hydrogen) atoms. The van der Waals surface area contributed by atoms with Gasteiger partial charge in [-0.2, -0.15) is 0 Å². The van der Waals surface area contributed by atoms with Crippen molar-refractivity contribution in [3.8, 4) is 0 Å². The molecule has 2 rings (SSSR count). The summed E-state index contributed by atoms with van der Waals surface area (Å²) in [6.45, 7) is 2.10. The minimum atomic E-state index is -0.773. The number of nitrogens with zero attached hydrogens (tertiary/aromatic N) is 2. The van der Waals surface area contributed by atoms with Crippen molar-refractivity contribution in [1.29, 1.82) is 0 Å².